The second-order valence-corrected chi connectivity index (χ2v) is 7.10. The van der Waals surface area contributed by atoms with Crippen LogP contribution in [-0.2, 0) is 10.0 Å². The summed E-state index contributed by atoms with van der Waals surface area (Å²) in [5.74, 6) is 0. The largest absolute Gasteiger partial charge is 0.399 e. The van der Waals surface area contributed by atoms with Gasteiger partial charge >= 0.3 is 0 Å². The van der Waals surface area contributed by atoms with Crippen LogP contribution in [0.4, 0.5) is 11.4 Å². The average Bonchev–Trinajstić information content (AvgIpc) is 2.31. The van der Waals surface area contributed by atoms with Gasteiger partial charge in [0.05, 0.1) is 15.6 Å². The van der Waals surface area contributed by atoms with Gasteiger partial charge in [-0.15, -0.1) is 0 Å². The van der Waals surface area contributed by atoms with E-state index in [-0.39, 0.29) is 4.90 Å². The van der Waals surface area contributed by atoms with Gasteiger partial charge in [0.25, 0.3) is 10.0 Å². The van der Waals surface area contributed by atoms with Crippen molar-refractivity contribution < 1.29 is 8.42 Å². The van der Waals surface area contributed by atoms with E-state index in [0.717, 1.165) is 5.56 Å². The van der Waals surface area contributed by atoms with Gasteiger partial charge in [0.1, 0.15) is 0 Å². The Balaban J connectivity index is 2.51. The van der Waals surface area contributed by atoms with Crippen LogP contribution in [0.1, 0.15) is 16.7 Å². The lowest BCUT2D eigenvalue weighted by Crippen LogP contribution is -2.16. The Hall–Kier alpha value is -1.72. The Morgan fingerprint density at radius 1 is 1.05 bits per heavy atom. The Kier molecular flexibility index (Phi) is 4.16. The van der Waals surface area contributed by atoms with Gasteiger partial charge in [0.15, 0.2) is 0 Å². The molecule has 3 N–H and O–H groups in total. The first-order chi connectivity index (χ1) is 9.70. The summed E-state index contributed by atoms with van der Waals surface area (Å²) in [6.07, 6.45) is 0. The normalized spacial score (nSPS) is 11.4. The maximum absolute atomic E-state index is 12.6. The molecule has 0 heterocycles. The van der Waals surface area contributed by atoms with Crippen LogP contribution >= 0.6 is 11.6 Å². The lowest BCUT2D eigenvalue weighted by molar-refractivity contribution is 0.600. The molecule has 0 atom stereocenters. The van der Waals surface area contributed by atoms with Gasteiger partial charge in [0.2, 0.25) is 0 Å². The quantitative estimate of drug-likeness (QED) is 0.846. The van der Waals surface area contributed by atoms with Gasteiger partial charge < -0.3 is 5.73 Å². The summed E-state index contributed by atoms with van der Waals surface area (Å²) in [4.78, 5) is 0.231. The highest BCUT2D eigenvalue weighted by Crippen LogP contribution is 2.29. The summed E-state index contributed by atoms with van der Waals surface area (Å²) in [6.45, 7) is 5.30. The van der Waals surface area contributed by atoms with Crippen molar-refractivity contribution in [2.75, 3.05) is 10.5 Å². The third kappa shape index (κ3) is 3.31. The van der Waals surface area contributed by atoms with Crippen LogP contribution in [-0.4, -0.2) is 8.42 Å². The van der Waals surface area contributed by atoms with Crippen molar-refractivity contribution in [1.29, 1.82) is 0 Å². The molecule has 0 bridgehead atoms. The minimum atomic E-state index is -3.72. The number of halogens is 1. The first-order valence-corrected chi connectivity index (χ1v) is 8.22. The molecule has 0 saturated heterocycles. The zero-order valence-corrected chi connectivity index (χ0v) is 13.6. The number of nitrogens with two attached hydrogens (primary N) is 1. The topological polar surface area (TPSA) is 72.2 Å². The first kappa shape index (κ1) is 15.7. The minimum absolute atomic E-state index is 0.231. The molecule has 2 aromatic rings. The summed E-state index contributed by atoms with van der Waals surface area (Å²) in [6, 6.07) is 8.46. The molecule has 0 unspecified atom stereocenters. The molecule has 4 nitrogen and oxygen atoms in total. The molecular weight excluding hydrogens is 308 g/mol. The third-order valence-corrected chi connectivity index (χ3v) is 5.12. The second kappa shape index (κ2) is 5.58. The number of anilines is 2. The molecule has 0 radical (unpaired) electrons. The van der Waals surface area contributed by atoms with Gasteiger partial charge in [-0.2, -0.15) is 0 Å². The van der Waals surface area contributed by atoms with E-state index in [1.165, 1.54) is 0 Å². The molecule has 0 aliphatic rings. The third-order valence-electron chi connectivity index (χ3n) is 3.12. The van der Waals surface area contributed by atoms with E-state index in [0.29, 0.717) is 27.5 Å². The zero-order chi connectivity index (χ0) is 15.8. The molecule has 6 heteroatoms. The molecule has 0 fully saturated rings. The van der Waals surface area contributed by atoms with E-state index in [2.05, 4.69) is 4.72 Å². The van der Waals surface area contributed by atoms with E-state index in [9.17, 15) is 8.42 Å². The van der Waals surface area contributed by atoms with Crippen molar-refractivity contribution in [2.24, 2.45) is 0 Å². The van der Waals surface area contributed by atoms with Crippen molar-refractivity contribution in [3.63, 3.8) is 0 Å². The van der Waals surface area contributed by atoms with E-state index in [1.807, 2.05) is 13.0 Å². The van der Waals surface area contributed by atoms with Gasteiger partial charge in [-0.05, 0) is 61.7 Å². The summed E-state index contributed by atoms with van der Waals surface area (Å²) in [5.41, 5.74) is 8.76. The molecule has 0 aliphatic heterocycles. The maximum Gasteiger partial charge on any atom is 0.262 e. The molecular formula is C15H17ClN2O2S. The van der Waals surface area contributed by atoms with E-state index in [1.54, 1.807) is 38.1 Å². The molecule has 21 heavy (non-hydrogen) atoms. The molecule has 0 aromatic heterocycles. The smallest absolute Gasteiger partial charge is 0.262 e. The number of nitrogen functional groups attached to an aromatic ring is 1. The van der Waals surface area contributed by atoms with Crippen molar-refractivity contribution in [3.05, 3.63) is 52.0 Å². The van der Waals surface area contributed by atoms with Gasteiger partial charge in [-0.3, -0.25) is 4.72 Å². The highest BCUT2D eigenvalue weighted by Gasteiger charge is 2.21. The molecule has 2 rings (SSSR count). The highest BCUT2D eigenvalue weighted by atomic mass is 35.5. The zero-order valence-electron chi connectivity index (χ0n) is 12.1. The molecule has 0 spiro atoms. The van der Waals surface area contributed by atoms with Gasteiger partial charge in [-0.1, -0.05) is 17.7 Å². The van der Waals surface area contributed by atoms with Crippen LogP contribution in [0.5, 0.6) is 0 Å². The average molecular weight is 325 g/mol. The number of nitrogens with one attached hydrogen (secondary N) is 1. The Morgan fingerprint density at radius 2 is 1.62 bits per heavy atom. The molecule has 2 aromatic carbocycles. The number of sulfonamides is 1. The first-order valence-electron chi connectivity index (χ1n) is 6.36. The molecule has 0 aliphatic carbocycles. The lowest BCUT2D eigenvalue weighted by Gasteiger charge is -2.15. The van der Waals surface area contributed by atoms with Crippen molar-refractivity contribution >= 4 is 33.0 Å². The predicted octanol–water partition coefficient (Wildman–Crippen LogP) is 3.65. The summed E-state index contributed by atoms with van der Waals surface area (Å²) >= 11 is 6.05. The molecule has 112 valence electrons. The monoisotopic (exact) mass is 324 g/mol. The van der Waals surface area contributed by atoms with Crippen LogP contribution in [0.25, 0.3) is 0 Å². The van der Waals surface area contributed by atoms with Crippen LogP contribution in [0.2, 0.25) is 5.02 Å². The van der Waals surface area contributed by atoms with Gasteiger partial charge in [0, 0.05) is 5.69 Å². The van der Waals surface area contributed by atoms with Gasteiger partial charge in [-0.25, -0.2) is 8.42 Å². The predicted molar refractivity (Wildman–Crippen MR) is 87.3 cm³/mol. The standard InChI is InChI=1S/C15H17ClN2O2S/c1-9-4-5-13(16)14(6-9)18-21(19,20)15-10(2)7-12(17)8-11(15)3/h4-8,18H,17H2,1-3H3. The molecule has 0 amide bonds. The number of hydrogen-bond donors (Lipinski definition) is 2. The second-order valence-electron chi connectivity index (χ2n) is 5.07. The maximum atomic E-state index is 12.6. The minimum Gasteiger partial charge on any atom is -0.399 e. The highest BCUT2D eigenvalue weighted by molar-refractivity contribution is 7.92. The summed E-state index contributed by atoms with van der Waals surface area (Å²) in [7, 11) is -3.72. The van der Waals surface area contributed by atoms with Crippen LogP contribution < -0.4 is 10.5 Å². The van der Waals surface area contributed by atoms with Crippen LogP contribution in [0, 0.1) is 20.8 Å². The summed E-state index contributed by atoms with van der Waals surface area (Å²) < 4.78 is 27.8. The fourth-order valence-corrected chi connectivity index (χ4v) is 4.07. The van der Waals surface area contributed by atoms with Crippen LogP contribution in [0.3, 0.4) is 0 Å². The number of aryl methyl sites for hydroxylation is 3. The van der Waals surface area contributed by atoms with Crippen molar-refractivity contribution in [2.45, 2.75) is 25.7 Å². The van der Waals surface area contributed by atoms with Crippen molar-refractivity contribution in [1.82, 2.24) is 0 Å². The van der Waals surface area contributed by atoms with E-state index in [4.69, 9.17) is 17.3 Å². The van der Waals surface area contributed by atoms with E-state index < -0.39 is 10.0 Å². The van der Waals surface area contributed by atoms with Crippen molar-refractivity contribution in [3.8, 4) is 0 Å². The fourth-order valence-electron chi connectivity index (χ4n) is 2.32. The Bertz CT molecular complexity index is 778. The lowest BCUT2D eigenvalue weighted by atomic mass is 10.1. The SMILES string of the molecule is Cc1ccc(Cl)c(NS(=O)(=O)c2c(C)cc(N)cc2C)c1. The summed E-state index contributed by atoms with van der Waals surface area (Å²) in [5, 5.41) is 0.356. The van der Waals surface area contributed by atoms with Crippen LogP contribution in [0.15, 0.2) is 35.2 Å². The number of hydrogen-bond acceptors (Lipinski definition) is 3. The number of benzene rings is 2. The number of rotatable bonds is 3. The Labute approximate surface area is 130 Å². The van der Waals surface area contributed by atoms with E-state index >= 15 is 0 Å². The molecule has 0 saturated carbocycles. The Morgan fingerprint density at radius 3 is 2.19 bits per heavy atom. The fraction of sp³-hybridized carbons (Fsp3) is 0.200.